The molecule has 0 radical (unpaired) electrons. The molecule has 0 bridgehead atoms. The molecule has 0 heterocycles. The van der Waals surface area contributed by atoms with Crippen LogP contribution >= 0.6 is 0 Å². The standard InChI is InChI=1S/C11H18O3/c1-4-5-6-11(14-10(3)13)7-9(2)8-12/h7-8,11H,4-6H2,1-3H3/b9-7+. The van der Waals surface area contributed by atoms with Gasteiger partial charge in [-0.1, -0.05) is 13.3 Å². The molecule has 0 aromatic heterocycles. The summed E-state index contributed by atoms with van der Waals surface area (Å²) < 4.78 is 5.05. The summed E-state index contributed by atoms with van der Waals surface area (Å²) in [4.78, 5) is 21.1. The number of esters is 1. The molecular formula is C11H18O3. The van der Waals surface area contributed by atoms with Gasteiger partial charge in [-0.3, -0.25) is 9.59 Å². The molecule has 0 amide bonds. The van der Waals surface area contributed by atoms with E-state index in [0.29, 0.717) is 5.57 Å². The Hall–Kier alpha value is -1.12. The maximum atomic E-state index is 10.7. The number of carbonyl (C=O) groups is 2. The van der Waals surface area contributed by atoms with E-state index in [0.717, 1.165) is 25.5 Å². The molecule has 80 valence electrons. The summed E-state index contributed by atoms with van der Waals surface area (Å²) in [5, 5.41) is 0. The van der Waals surface area contributed by atoms with Gasteiger partial charge in [0.05, 0.1) is 0 Å². The van der Waals surface area contributed by atoms with Gasteiger partial charge in [-0.15, -0.1) is 0 Å². The lowest BCUT2D eigenvalue weighted by Crippen LogP contribution is -2.14. The van der Waals surface area contributed by atoms with Crippen LogP contribution in [0.1, 0.15) is 40.0 Å². The molecule has 14 heavy (non-hydrogen) atoms. The third-order valence-electron chi connectivity index (χ3n) is 1.79. The summed E-state index contributed by atoms with van der Waals surface area (Å²) in [5.41, 5.74) is 0.604. The molecule has 0 saturated carbocycles. The van der Waals surface area contributed by atoms with E-state index in [2.05, 4.69) is 6.92 Å². The monoisotopic (exact) mass is 198 g/mol. The van der Waals surface area contributed by atoms with Crippen molar-refractivity contribution in [2.75, 3.05) is 0 Å². The average Bonchev–Trinajstić information content (AvgIpc) is 2.13. The fraction of sp³-hybridized carbons (Fsp3) is 0.636. The molecule has 3 heteroatoms. The Bertz CT molecular complexity index is 219. The second kappa shape index (κ2) is 7.30. The van der Waals surface area contributed by atoms with Gasteiger partial charge in [0, 0.05) is 6.92 Å². The van der Waals surface area contributed by atoms with Crippen molar-refractivity contribution < 1.29 is 14.3 Å². The van der Waals surface area contributed by atoms with Crippen LogP contribution < -0.4 is 0 Å². The molecule has 0 aliphatic rings. The van der Waals surface area contributed by atoms with Gasteiger partial charge >= 0.3 is 5.97 Å². The highest BCUT2D eigenvalue weighted by Crippen LogP contribution is 2.08. The first-order valence-electron chi connectivity index (χ1n) is 4.91. The van der Waals surface area contributed by atoms with Crippen molar-refractivity contribution >= 4 is 12.3 Å². The van der Waals surface area contributed by atoms with Gasteiger partial charge in [0.2, 0.25) is 0 Å². The van der Waals surface area contributed by atoms with Crippen molar-refractivity contribution in [2.45, 2.75) is 46.1 Å². The Balaban J connectivity index is 4.23. The highest BCUT2D eigenvalue weighted by Gasteiger charge is 2.08. The van der Waals surface area contributed by atoms with Crippen LogP contribution in [0.4, 0.5) is 0 Å². The zero-order valence-electron chi connectivity index (χ0n) is 9.08. The van der Waals surface area contributed by atoms with Crippen LogP contribution in [0.5, 0.6) is 0 Å². The third kappa shape index (κ3) is 6.40. The number of carbonyl (C=O) groups excluding carboxylic acids is 2. The largest absolute Gasteiger partial charge is 0.458 e. The first-order chi connectivity index (χ1) is 6.60. The zero-order valence-corrected chi connectivity index (χ0v) is 9.08. The smallest absolute Gasteiger partial charge is 0.303 e. The van der Waals surface area contributed by atoms with Crippen molar-refractivity contribution in [3.8, 4) is 0 Å². The van der Waals surface area contributed by atoms with Crippen molar-refractivity contribution in [2.24, 2.45) is 0 Å². The Morgan fingerprint density at radius 3 is 2.50 bits per heavy atom. The maximum Gasteiger partial charge on any atom is 0.303 e. The summed E-state index contributed by atoms with van der Waals surface area (Å²) in [6.07, 6.45) is 5.03. The van der Waals surface area contributed by atoms with Crippen LogP contribution in [-0.2, 0) is 14.3 Å². The number of unbranched alkanes of at least 4 members (excludes halogenated alkanes) is 1. The molecule has 1 unspecified atom stereocenters. The Morgan fingerprint density at radius 2 is 2.07 bits per heavy atom. The minimum absolute atomic E-state index is 0.252. The summed E-state index contributed by atoms with van der Waals surface area (Å²) >= 11 is 0. The molecule has 3 nitrogen and oxygen atoms in total. The molecule has 0 saturated heterocycles. The second-order valence-corrected chi connectivity index (χ2v) is 3.32. The first-order valence-corrected chi connectivity index (χ1v) is 4.91. The van der Waals surface area contributed by atoms with E-state index in [1.54, 1.807) is 13.0 Å². The van der Waals surface area contributed by atoms with E-state index in [1.807, 2.05) is 0 Å². The molecule has 0 spiro atoms. The summed E-state index contributed by atoms with van der Waals surface area (Å²) in [7, 11) is 0. The lowest BCUT2D eigenvalue weighted by Gasteiger charge is -2.12. The highest BCUT2D eigenvalue weighted by molar-refractivity contribution is 5.72. The lowest BCUT2D eigenvalue weighted by atomic mass is 10.1. The van der Waals surface area contributed by atoms with Crippen molar-refractivity contribution in [1.29, 1.82) is 0 Å². The number of ether oxygens (including phenoxy) is 1. The Labute approximate surface area is 85.1 Å². The molecule has 0 fully saturated rings. The molecule has 1 atom stereocenters. The van der Waals surface area contributed by atoms with Crippen LogP contribution in [0.3, 0.4) is 0 Å². The minimum Gasteiger partial charge on any atom is -0.458 e. The van der Waals surface area contributed by atoms with Gasteiger partial charge in [0.25, 0.3) is 0 Å². The van der Waals surface area contributed by atoms with Gasteiger partial charge in [0.1, 0.15) is 12.4 Å². The number of allylic oxidation sites excluding steroid dienone is 1. The van der Waals surface area contributed by atoms with Crippen molar-refractivity contribution in [1.82, 2.24) is 0 Å². The number of hydrogen-bond donors (Lipinski definition) is 0. The van der Waals surface area contributed by atoms with E-state index >= 15 is 0 Å². The average molecular weight is 198 g/mol. The normalized spacial score (nSPS) is 13.5. The quantitative estimate of drug-likeness (QED) is 0.373. The molecule has 0 aromatic carbocycles. The Kier molecular flexibility index (Phi) is 6.72. The van der Waals surface area contributed by atoms with Crippen LogP contribution in [0.2, 0.25) is 0 Å². The van der Waals surface area contributed by atoms with E-state index in [4.69, 9.17) is 4.74 Å². The molecule has 0 aliphatic carbocycles. The van der Waals surface area contributed by atoms with Crippen LogP contribution in [0, 0.1) is 0 Å². The van der Waals surface area contributed by atoms with Crippen LogP contribution in [0.15, 0.2) is 11.6 Å². The van der Waals surface area contributed by atoms with E-state index in [9.17, 15) is 9.59 Å². The number of aldehydes is 1. The molecule has 0 aliphatic heterocycles. The molecule has 0 aromatic rings. The second-order valence-electron chi connectivity index (χ2n) is 3.32. The molecular weight excluding hydrogens is 180 g/mol. The predicted molar refractivity (Wildman–Crippen MR) is 54.9 cm³/mol. The molecule has 0 rings (SSSR count). The summed E-state index contributed by atoms with van der Waals surface area (Å²) in [6, 6.07) is 0. The van der Waals surface area contributed by atoms with Crippen LogP contribution in [-0.4, -0.2) is 18.4 Å². The summed E-state index contributed by atoms with van der Waals surface area (Å²) in [6.45, 7) is 5.15. The zero-order chi connectivity index (χ0) is 11.0. The topological polar surface area (TPSA) is 43.4 Å². The molecule has 0 N–H and O–H groups in total. The minimum atomic E-state index is -0.305. The van der Waals surface area contributed by atoms with Gasteiger partial charge in [-0.05, 0) is 31.4 Å². The van der Waals surface area contributed by atoms with E-state index < -0.39 is 0 Å². The van der Waals surface area contributed by atoms with Gasteiger partial charge in [-0.25, -0.2) is 0 Å². The van der Waals surface area contributed by atoms with Gasteiger partial charge in [-0.2, -0.15) is 0 Å². The maximum absolute atomic E-state index is 10.7. The van der Waals surface area contributed by atoms with Gasteiger partial charge in [0.15, 0.2) is 0 Å². The summed E-state index contributed by atoms with van der Waals surface area (Å²) in [5.74, 6) is -0.305. The van der Waals surface area contributed by atoms with E-state index in [-0.39, 0.29) is 12.1 Å². The fourth-order valence-electron chi connectivity index (χ4n) is 1.13. The first kappa shape index (κ1) is 12.9. The number of hydrogen-bond acceptors (Lipinski definition) is 3. The predicted octanol–water partition coefficient (Wildman–Crippen LogP) is 2.25. The van der Waals surface area contributed by atoms with Crippen LogP contribution in [0.25, 0.3) is 0 Å². The van der Waals surface area contributed by atoms with Crippen molar-refractivity contribution in [3.05, 3.63) is 11.6 Å². The fourth-order valence-corrected chi connectivity index (χ4v) is 1.13. The van der Waals surface area contributed by atoms with Gasteiger partial charge < -0.3 is 4.74 Å². The SMILES string of the molecule is CCCCC(/C=C(\C)C=O)OC(C)=O. The Morgan fingerprint density at radius 1 is 1.43 bits per heavy atom. The third-order valence-corrected chi connectivity index (χ3v) is 1.79. The lowest BCUT2D eigenvalue weighted by molar-refractivity contribution is -0.144. The highest BCUT2D eigenvalue weighted by atomic mass is 16.5. The van der Waals surface area contributed by atoms with E-state index in [1.165, 1.54) is 6.92 Å². The van der Waals surface area contributed by atoms with Crippen molar-refractivity contribution in [3.63, 3.8) is 0 Å². The number of rotatable bonds is 6.